The SMILES string of the molecule is CCOc1ccc(N(CC(=O)N[C@H](C)CC)S(=O)(=O)c2ccc(OC)c(OC)c2)cc1. The lowest BCUT2D eigenvalue weighted by Crippen LogP contribution is -2.43. The smallest absolute Gasteiger partial charge is 0.264 e. The molecule has 1 amide bonds. The molecule has 0 aliphatic heterocycles. The summed E-state index contributed by atoms with van der Waals surface area (Å²) in [6, 6.07) is 10.8. The summed E-state index contributed by atoms with van der Waals surface area (Å²) < 4.78 is 44.0. The van der Waals surface area contributed by atoms with Crippen LogP contribution in [-0.2, 0) is 14.8 Å². The summed E-state index contributed by atoms with van der Waals surface area (Å²) >= 11 is 0. The van der Waals surface area contributed by atoms with Gasteiger partial charge in [0, 0.05) is 12.1 Å². The number of nitrogens with one attached hydrogen (secondary N) is 1. The Morgan fingerprint density at radius 1 is 1.03 bits per heavy atom. The van der Waals surface area contributed by atoms with Crippen LogP contribution < -0.4 is 23.8 Å². The highest BCUT2D eigenvalue weighted by Crippen LogP contribution is 2.32. The van der Waals surface area contributed by atoms with Gasteiger partial charge in [0.1, 0.15) is 12.3 Å². The van der Waals surface area contributed by atoms with E-state index in [0.717, 1.165) is 10.7 Å². The summed E-state index contributed by atoms with van der Waals surface area (Å²) in [5.41, 5.74) is 0.345. The minimum atomic E-state index is -4.08. The summed E-state index contributed by atoms with van der Waals surface area (Å²) in [4.78, 5) is 12.6. The van der Waals surface area contributed by atoms with Crippen molar-refractivity contribution in [3.05, 3.63) is 42.5 Å². The van der Waals surface area contributed by atoms with E-state index in [1.807, 2.05) is 20.8 Å². The number of benzene rings is 2. The monoisotopic (exact) mass is 450 g/mol. The molecule has 9 heteroatoms. The summed E-state index contributed by atoms with van der Waals surface area (Å²) in [7, 11) is -1.18. The van der Waals surface area contributed by atoms with E-state index in [-0.39, 0.29) is 23.2 Å². The number of methoxy groups -OCH3 is 2. The second kappa shape index (κ2) is 10.9. The van der Waals surface area contributed by atoms with Crippen molar-refractivity contribution >= 4 is 21.6 Å². The van der Waals surface area contributed by atoms with E-state index in [1.54, 1.807) is 24.3 Å². The van der Waals surface area contributed by atoms with E-state index >= 15 is 0 Å². The molecule has 2 aromatic carbocycles. The van der Waals surface area contributed by atoms with Gasteiger partial charge >= 0.3 is 0 Å². The van der Waals surface area contributed by atoms with E-state index in [1.165, 1.54) is 32.4 Å². The van der Waals surface area contributed by atoms with Gasteiger partial charge in [0.15, 0.2) is 11.5 Å². The molecular weight excluding hydrogens is 420 g/mol. The number of carbonyl (C=O) groups is 1. The normalized spacial score (nSPS) is 12.0. The van der Waals surface area contributed by atoms with Crippen LogP contribution in [0.5, 0.6) is 17.2 Å². The number of carbonyl (C=O) groups excluding carboxylic acids is 1. The van der Waals surface area contributed by atoms with Gasteiger partial charge in [-0.25, -0.2) is 8.42 Å². The second-order valence-corrected chi connectivity index (χ2v) is 8.69. The molecule has 2 aromatic rings. The number of amides is 1. The van der Waals surface area contributed by atoms with Crippen LogP contribution in [-0.4, -0.2) is 47.7 Å². The number of anilines is 1. The average Bonchev–Trinajstić information content (AvgIpc) is 2.77. The van der Waals surface area contributed by atoms with Crippen molar-refractivity contribution < 1.29 is 27.4 Å². The van der Waals surface area contributed by atoms with Gasteiger partial charge in [-0.2, -0.15) is 0 Å². The number of hydrogen-bond donors (Lipinski definition) is 1. The molecule has 0 aliphatic rings. The Hall–Kier alpha value is -2.94. The van der Waals surface area contributed by atoms with Crippen LogP contribution in [0.4, 0.5) is 5.69 Å². The largest absolute Gasteiger partial charge is 0.494 e. The first-order chi connectivity index (χ1) is 14.8. The summed E-state index contributed by atoms with van der Waals surface area (Å²) in [5, 5.41) is 2.81. The Kier molecular flexibility index (Phi) is 8.56. The van der Waals surface area contributed by atoms with Crippen LogP contribution in [0.15, 0.2) is 47.4 Å². The van der Waals surface area contributed by atoms with E-state index in [0.29, 0.717) is 23.8 Å². The zero-order chi connectivity index (χ0) is 23.0. The fourth-order valence-electron chi connectivity index (χ4n) is 2.85. The fraction of sp³-hybridized carbons (Fsp3) is 0.409. The van der Waals surface area contributed by atoms with E-state index in [9.17, 15) is 13.2 Å². The van der Waals surface area contributed by atoms with Gasteiger partial charge in [-0.15, -0.1) is 0 Å². The van der Waals surface area contributed by atoms with Crippen molar-refractivity contribution in [1.82, 2.24) is 5.32 Å². The van der Waals surface area contributed by atoms with E-state index in [2.05, 4.69) is 5.32 Å². The first kappa shape index (κ1) is 24.3. The van der Waals surface area contributed by atoms with Crippen LogP contribution in [0.2, 0.25) is 0 Å². The van der Waals surface area contributed by atoms with Crippen molar-refractivity contribution in [2.24, 2.45) is 0 Å². The molecule has 1 atom stereocenters. The third kappa shape index (κ3) is 6.04. The van der Waals surface area contributed by atoms with E-state index < -0.39 is 15.9 Å². The highest BCUT2D eigenvalue weighted by Gasteiger charge is 2.28. The molecule has 170 valence electrons. The van der Waals surface area contributed by atoms with Gasteiger partial charge in [-0.05, 0) is 56.7 Å². The van der Waals surface area contributed by atoms with E-state index in [4.69, 9.17) is 14.2 Å². The lowest BCUT2D eigenvalue weighted by Gasteiger charge is -2.25. The molecule has 0 fully saturated rings. The van der Waals surface area contributed by atoms with Gasteiger partial charge in [0.05, 0.1) is 31.4 Å². The molecule has 0 heterocycles. The highest BCUT2D eigenvalue weighted by atomic mass is 32.2. The molecular formula is C22H30N2O6S. The van der Waals surface area contributed by atoms with Gasteiger partial charge < -0.3 is 19.5 Å². The molecule has 0 bridgehead atoms. The Balaban J connectivity index is 2.48. The quantitative estimate of drug-likeness (QED) is 0.565. The van der Waals surface area contributed by atoms with Gasteiger partial charge in [0.25, 0.3) is 10.0 Å². The Morgan fingerprint density at radius 2 is 1.68 bits per heavy atom. The Bertz CT molecular complexity index is 976. The number of ether oxygens (including phenoxy) is 3. The van der Waals surface area contributed by atoms with Crippen molar-refractivity contribution in [2.45, 2.75) is 38.1 Å². The van der Waals surface area contributed by atoms with Crippen LogP contribution in [0, 0.1) is 0 Å². The van der Waals surface area contributed by atoms with Gasteiger partial charge in [0.2, 0.25) is 5.91 Å². The lowest BCUT2D eigenvalue weighted by molar-refractivity contribution is -0.120. The standard InChI is InChI=1S/C22H30N2O6S/c1-6-16(3)23-22(25)15-24(17-8-10-18(11-9-17)30-7-2)31(26,27)19-12-13-20(28-4)21(14-19)29-5/h8-14,16H,6-7,15H2,1-5H3,(H,23,25)/t16-/m1/s1. The highest BCUT2D eigenvalue weighted by molar-refractivity contribution is 7.92. The predicted octanol–water partition coefficient (Wildman–Crippen LogP) is 3.21. The molecule has 2 rings (SSSR count). The molecule has 0 unspecified atom stereocenters. The maximum atomic E-state index is 13.5. The van der Waals surface area contributed by atoms with Crippen LogP contribution in [0.1, 0.15) is 27.2 Å². The fourth-order valence-corrected chi connectivity index (χ4v) is 4.28. The molecule has 0 aromatic heterocycles. The Morgan fingerprint density at radius 3 is 2.23 bits per heavy atom. The van der Waals surface area contributed by atoms with Gasteiger partial charge in [-0.1, -0.05) is 6.92 Å². The Labute approximate surface area is 184 Å². The summed E-state index contributed by atoms with van der Waals surface area (Å²) in [6.45, 7) is 5.79. The second-order valence-electron chi connectivity index (χ2n) is 6.83. The third-order valence-electron chi connectivity index (χ3n) is 4.69. The molecule has 31 heavy (non-hydrogen) atoms. The lowest BCUT2D eigenvalue weighted by atomic mass is 10.2. The van der Waals surface area contributed by atoms with Crippen LogP contribution >= 0.6 is 0 Å². The molecule has 0 radical (unpaired) electrons. The van der Waals surface area contributed by atoms with Crippen LogP contribution in [0.3, 0.4) is 0 Å². The summed E-state index contributed by atoms with van der Waals surface area (Å²) in [5.74, 6) is 0.897. The van der Waals surface area contributed by atoms with Crippen LogP contribution in [0.25, 0.3) is 0 Å². The molecule has 0 saturated carbocycles. The topological polar surface area (TPSA) is 94.2 Å². The molecule has 1 N–H and O–H groups in total. The zero-order valence-corrected chi connectivity index (χ0v) is 19.4. The maximum absolute atomic E-state index is 13.5. The molecule has 0 spiro atoms. The summed E-state index contributed by atoms with van der Waals surface area (Å²) in [6.07, 6.45) is 0.733. The zero-order valence-electron chi connectivity index (χ0n) is 18.5. The maximum Gasteiger partial charge on any atom is 0.264 e. The first-order valence-corrected chi connectivity index (χ1v) is 11.5. The van der Waals surface area contributed by atoms with Crippen molar-refractivity contribution in [1.29, 1.82) is 0 Å². The van der Waals surface area contributed by atoms with Gasteiger partial charge in [-0.3, -0.25) is 9.10 Å². The number of rotatable bonds is 11. The van der Waals surface area contributed by atoms with Crippen molar-refractivity contribution in [2.75, 3.05) is 31.7 Å². The number of sulfonamides is 1. The van der Waals surface area contributed by atoms with Crippen molar-refractivity contribution in [3.63, 3.8) is 0 Å². The first-order valence-electron chi connectivity index (χ1n) is 10.0. The number of nitrogens with zero attached hydrogens (tertiary/aromatic N) is 1. The molecule has 8 nitrogen and oxygen atoms in total. The minimum absolute atomic E-state index is 0.0182. The predicted molar refractivity (Wildman–Crippen MR) is 120 cm³/mol. The molecule has 0 saturated heterocycles. The number of hydrogen-bond acceptors (Lipinski definition) is 6. The molecule has 0 aliphatic carbocycles. The minimum Gasteiger partial charge on any atom is -0.494 e. The third-order valence-corrected chi connectivity index (χ3v) is 6.46. The van der Waals surface area contributed by atoms with Crippen molar-refractivity contribution in [3.8, 4) is 17.2 Å². The average molecular weight is 451 g/mol.